The Morgan fingerprint density at radius 1 is 0.933 bits per heavy atom. The van der Waals surface area contributed by atoms with Gasteiger partial charge in [0.2, 0.25) is 11.8 Å². The maximum atomic E-state index is 11.2. The van der Waals surface area contributed by atoms with E-state index in [1.54, 1.807) is 18.3 Å². The average molecular weight is 449 g/mol. The average Bonchev–Trinajstić information content (AvgIpc) is 3.25. The van der Waals surface area contributed by atoms with Gasteiger partial charge in [-0.15, -0.1) is 0 Å². The molecule has 0 fully saturated rings. The molecule has 0 radical (unpaired) electrons. The summed E-state index contributed by atoms with van der Waals surface area (Å²) in [6, 6.07) is 6.01. The van der Waals surface area contributed by atoms with Crippen LogP contribution in [0, 0.1) is 10.1 Å². The van der Waals surface area contributed by atoms with E-state index in [0.29, 0.717) is 27.1 Å². The summed E-state index contributed by atoms with van der Waals surface area (Å²) in [7, 11) is 0. The summed E-state index contributed by atoms with van der Waals surface area (Å²) >= 11 is 11.6. The van der Waals surface area contributed by atoms with Crippen LogP contribution >= 0.6 is 23.2 Å². The Kier molecular flexibility index (Phi) is 5.72. The van der Waals surface area contributed by atoms with E-state index in [9.17, 15) is 19.7 Å². The number of nitro benzene ring substituents is 1. The number of fused-ring (bicyclic) bond motifs is 2. The molecular weight excluding hydrogens is 435 g/mol. The number of nitrogen functional groups attached to an aromatic ring is 1. The fraction of sp³-hybridized carbons (Fsp3) is 0.111. The molecule has 4 rings (SSSR count). The van der Waals surface area contributed by atoms with Gasteiger partial charge < -0.3 is 5.73 Å². The smallest absolute Gasteiger partial charge is 0.281 e. The lowest BCUT2D eigenvalue weighted by atomic mass is 10.2. The van der Waals surface area contributed by atoms with Gasteiger partial charge in [-0.2, -0.15) is 10.2 Å². The first-order chi connectivity index (χ1) is 14.1. The van der Waals surface area contributed by atoms with Crippen molar-refractivity contribution in [3.8, 4) is 0 Å². The third-order valence-electron chi connectivity index (χ3n) is 4.11. The molecule has 0 bridgehead atoms. The normalized spacial score (nSPS) is 10.7. The lowest BCUT2D eigenvalue weighted by Crippen LogP contribution is -2.06. The van der Waals surface area contributed by atoms with Crippen molar-refractivity contribution >= 4 is 68.2 Å². The van der Waals surface area contributed by atoms with Crippen molar-refractivity contribution in [2.24, 2.45) is 0 Å². The van der Waals surface area contributed by atoms with Crippen LogP contribution in [0.5, 0.6) is 0 Å². The largest absolute Gasteiger partial charge is 0.398 e. The van der Waals surface area contributed by atoms with E-state index in [4.69, 9.17) is 28.9 Å². The second kappa shape index (κ2) is 8.09. The number of carbonyl (C=O) groups excluding carboxylic acids is 2. The number of rotatable bonds is 1. The lowest BCUT2D eigenvalue weighted by Gasteiger charge is -1.99. The first kappa shape index (κ1) is 21.2. The Hall–Kier alpha value is -3.50. The number of nitrogens with zero attached hydrogens (tertiary/aromatic N) is 5. The minimum absolute atomic E-state index is 0.157. The molecule has 0 aliphatic heterocycles. The van der Waals surface area contributed by atoms with Crippen LogP contribution in [0.1, 0.15) is 23.4 Å². The van der Waals surface area contributed by atoms with Crippen molar-refractivity contribution < 1.29 is 14.5 Å². The van der Waals surface area contributed by atoms with Crippen molar-refractivity contribution in [1.82, 2.24) is 19.6 Å². The highest BCUT2D eigenvalue weighted by molar-refractivity contribution is 6.32. The number of benzene rings is 2. The first-order valence-corrected chi connectivity index (χ1v) is 9.12. The van der Waals surface area contributed by atoms with Gasteiger partial charge in [-0.1, -0.05) is 23.2 Å². The van der Waals surface area contributed by atoms with E-state index in [0.717, 1.165) is 10.1 Å². The van der Waals surface area contributed by atoms with Gasteiger partial charge in [-0.05, 0) is 18.2 Å². The van der Waals surface area contributed by atoms with Gasteiger partial charge in [-0.3, -0.25) is 19.7 Å². The fourth-order valence-corrected chi connectivity index (χ4v) is 3.27. The Morgan fingerprint density at radius 2 is 1.40 bits per heavy atom. The Morgan fingerprint density at radius 3 is 1.90 bits per heavy atom. The van der Waals surface area contributed by atoms with Gasteiger partial charge in [0.15, 0.2) is 0 Å². The SMILES string of the molecule is CC(=O)n1ncc2c(N)cc(Cl)cc21.CC(=O)n1ncc2c([N+](=O)[O-])cc(Cl)cc21. The van der Waals surface area contributed by atoms with Crippen LogP contribution in [0.2, 0.25) is 10.0 Å². The van der Waals surface area contributed by atoms with Gasteiger partial charge in [0, 0.05) is 41.0 Å². The van der Waals surface area contributed by atoms with Gasteiger partial charge >= 0.3 is 0 Å². The summed E-state index contributed by atoms with van der Waals surface area (Å²) in [6.07, 6.45) is 2.84. The molecule has 0 atom stereocenters. The van der Waals surface area contributed by atoms with E-state index in [-0.39, 0.29) is 22.5 Å². The zero-order valence-electron chi connectivity index (χ0n) is 15.7. The van der Waals surface area contributed by atoms with Crippen LogP contribution in [0.25, 0.3) is 21.8 Å². The molecule has 4 aromatic rings. The van der Waals surface area contributed by atoms with E-state index in [2.05, 4.69) is 10.2 Å². The summed E-state index contributed by atoms with van der Waals surface area (Å²) in [5, 5.41) is 20.2. The Bertz CT molecular complexity index is 1330. The molecule has 12 heteroatoms. The molecule has 0 unspecified atom stereocenters. The quantitative estimate of drug-likeness (QED) is 0.261. The third-order valence-corrected chi connectivity index (χ3v) is 4.55. The highest BCUT2D eigenvalue weighted by Gasteiger charge is 2.18. The van der Waals surface area contributed by atoms with Crippen LogP contribution in [0.15, 0.2) is 36.7 Å². The molecule has 2 aromatic heterocycles. The van der Waals surface area contributed by atoms with Crippen LogP contribution in [0.3, 0.4) is 0 Å². The Balaban J connectivity index is 0.000000172. The number of hydrogen-bond donors (Lipinski definition) is 1. The summed E-state index contributed by atoms with van der Waals surface area (Å²) in [6.45, 7) is 2.75. The lowest BCUT2D eigenvalue weighted by molar-refractivity contribution is -0.383. The topological polar surface area (TPSA) is 139 Å². The molecular formula is C18H14Cl2N6O4. The number of anilines is 1. The number of nitro groups is 1. The molecule has 2 heterocycles. The van der Waals surface area contributed by atoms with Crippen LogP contribution in [-0.2, 0) is 0 Å². The molecule has 154 valence electrons. The molecule has 0 spiro atoms. The predicted molar refractivity (Wildman–Crippen MR) is 113 cm³/mol. The zero-order valence-corrected chi connectivity index (χ0v) is 17.2. The van der Waals surface area contributed by atoms with Gasteiger partial charge in [0.05, 0.1) is 33.7 Å². The van der Waals surface area contributed by atoms with E-state index in [1.165, 1.54) is 36.9 Å². The second-order valence-corrected chi connectivity index (χ2v) is 7.07. The number of halogens is 2. The first-order valence-electron chi connectivity index (χ1n) is 8.36. The number of carbonyl (C=O) groups is 2. The Labute approximate surface area is 178 Å². The number of aromatic nitrogens is 4. The summed E-state index contributed by atoms with van der Waals surface area (Å²) in [4.78, 5) is 32.6. The highest BCUT2D eigenvalue weighted by Crippen LogP contribution is 2.29. The second-order valence-electron chi connectivity index (χ2n) is 6.19. The van der Waals surface area contributed by atoms with E-state index in [1.807, 2.05) is 0 Å². The molecule has 0 aliphatic rings. The highest BCUT2D eigenvalue weighted by atomic mass is 35.5. The summed E-state index contributed by atoms with van der Waals surface area (Å²) in [5.41, 5.74) is 7.07. The number of nitrogens with two attached hydrogens (primary N) is 1. The fourth-order valence-electron chi connectivity index (χ4n) is 2.85. The van der Waals surface area contributed by atoms with Crippen molar-refractivity contribution in [3.63, 3.8) is 0 Å². The molecule has 0 amide bonds. The maximum Gasteiger partial charge on any atom is 0.281 e. The van der Waals surface area contributed by atoms with Crippen LogP contribution < -0.4 is 5.73 Å². The molecule has 0 saturated heterocycles. The van der Waals surface area contributed by atoms with Crippen molar-refractivity contribution in [1.29, 1.82) is 0 Å². The van der Waals surface area contributed by atoms with Gasteiger partial charge in [0.25, 0.3) is 5.69 Å². The molecule has 0 saturated carbocycles. The third kappa shape index (κ3) is 3.95. The van der Waals surface area contributed by atoms with Crippen LogP contribution in [0.4, 0.5) is 11.4 Å². The van der Waals surface area contributed by atoms with Crippen molar-refractivity contribution in [3.05, 3.63) is 56.8 Å². The van der Waals surface area contributed by atoms with Crippen molar-refractivity contribution in [2.75, 3.05) is 5.73 Å². The number of hydrogen-bond acceptors (Lipinski definition) is 7. The molecule has 2 aromatic carbocycles. The standard InChI is InChI=1S/C9H6ClN3O3.C9H8ClN3O/c1-5(14)12-8-2-6(10)3-9(13(15)16)7(8)4-11-12;1-5(14)13-9-3-6(10)2-8(11)7(9)4-12-13/h2-4H,1H3;2-4H,11H2,1H3. The van der Waals surface area contributed by atoms with Crippen LogP contribution in [-0.4, -0.2) is 36.3 Å². The molecule has 0 aliphatic carbocycles. The van der Waals surface area contributed by atoms with Crippen molar-refractivity contribution in [2.45, 2.75) is 13.8 Å². The van der Waals surface area contributed by atoms with Gasteiger partial charge in [-0.25, -0.2) is 9.36 Å². The minimum atomic E-state index is -0.555. The predicted octanol–water partition coefficient (Wildman–Crippen LogP) is 4.19. The number of non-ortho nitro benzene ring substituents is 1. The summed E-state index contributed by atoms with van der Waals surface area (Å²) in [5.74, 6) is -0.492. The summed E-state index contributed by atoms with van der Waals surface area (Å²) < 4.78 is 2.35. The maximum absolute atomic E-state index is 11.2. The van der Waals surface area contributed by atoms with E-state index >= 15 is 0 Å². The molecule has 2 N–H and O–H groups in total. The zero-order chi connectivity index (χ0) is 22.2. The van der Waals surface area contributed by atoms with E-state index < -0.39 is 4.92 Å². The monoisotopic (exact) mass is 448 g/mol. The molecule has 30 heavy (non-hydrogen) atoms. The minimum Gasteiger partial charge on any atom is -0.398 e. The molecule has 10 nitrogen and oxygen atoms in total. The van der Waals surface area contributed by atoms with Gasteiger partial charge in [0.1, 0.15) is 0 Å².